The van der Waals surface area contributed by atoms with Crippen LogP contribution < -0.4 is 0 Å². The highest BCUT2D eigenvalue weighted by atomic mass is 16.7. The highest BCUT2D eigenvalue weighted by Crippen LogP contribution is 2.76. The van der Waals surface area contributed by atoms with E-state index >= 15 is 0 Å². The highest BCUT2D eigenvalue weighted by Gasteiger charge is 2.72. The van der Waals surface area contributed by atoms with Crippen LogP contribution in [0.2, 0.25) is 0 Å². The first-order valence-electron chi connectivity index (χ1n) is 17.6. The normalized spacial score (nSPS) is 55.8. The summed E-state index contributed by atoms with van der Waals surface area (Å²) in [5.74, 6) is -2.37. The fourth-order valence-electron chi connectivity index (χ4n) is 12.2. The third-order valence-electron chi connectivity index (χ3n) is 15.6. The molecule has 4 saturated carbocycles. The number of aliphatic hydroxyl groups excluding tert-OH is 5. The van der Waals surface area contributed by atoms with Crippen LogP contribution in [0.4, 0.5) is 0 Å². The minimum Gasteiger partial charge on any atom is -0.481 e. The third-order valence-corrected chi connectivity index (χ3v) is 15.6. The molecule has 1 heterocycles. The van der Waals surface area contributed by atoms with Gasteiger partial charge >= 0.3 is 11.9 Å². The van der Waals surface area contributed by atoms with Gasteiger partial charge in [0.15, 0.2) is 0 Å². The Bertz CT molecular complexity index is 1310. The van der Waals surface area contributed by atoms with Crippen LogP contribution >= 0.6 is 0 Å². The van der Waals surface area contributed by atoms with E-state index in [2.05, 4.69) is 26.8 Å². The van der Waals surface area contributed by atoms with Crippen LogP contribution in [0.25, 0.3) is 0 Å². The largest absolute Gasteiger partial charge is 0.481 e. The molecular formula is C36H56O11. The van der Waals surface area contributed by atoms with E-state index in [1.807, 2.05) is 6.92 Å². The van der Waals surface area contributed by atoms with Crippen molar-refractivity contribution in [3.63, 3.8) is 0 Å². The van der Waals surface area contributed by atoms with Crippen LogP contribution in [0.3, 0.4) is 0 Å². The van der Waals surface area contributed by atoms with Crippen molar-refractivity contribution in [1.82, 2.24) is 0 Å². The van der Waals surface area contributed by atoms with Gasteiger partial charge in [-0.1, -0.05) is 39.3 Å². The van der Waals surface area contributed by atoms with E-state index in [1.54, 1.807) is 13.8 Å². The van der Waals surface area contributed by atoms with E-state index in [0.29, 0.717) is 44.9 Å². The molecule has 0 aromatic heterocycles. The van der Waals surface area contributed by atoms with Crippen LogP contribution in [-0.4, -0.2) is 96.7 Å². The molecule has 5 aliphatic carbocycles. The van der Waals surface area contributed by atoms with Gasteiger partial charge in [-0.25, -0.2) is 0 Å². The summed E-state index contributed by atoms with van der Waals surface area (Å²) in [5, 5.41) is 74.8. The number of aliphatic hydroxyl groups is 6. The number of fused-ring (bicyclic) bond motifs is 7. The van der Waals surface area contributed by atoms with Crippen molar-refractivity contribution < 1.29 is 54.8 Å². The highest BCUT2D eigenvalue weighted by molar-refractivity contribution is 5.79. The molecule has 6 aliphatic rings. The molecule has 16 atom stereocenters. The summed E-state index contributed by atoms with van der Waals surface area (Å²) < 4.78 is 11.4. The standard InChI is InChI=1S/C36H56O11/c1-18-9-14-36(30(44)47-28-26(41)25(40)24(39)20(17-37)46-28)16-15-32(3)19(27(36)35(18,6)45)7-8-21-31(2)12-11-23(38)34(5,29(42)43)22(31)10-13-33(21,32)4/h7,18,20-28,37-41,45H,8-17H2,1-6H3,(H,42,43)/t18-,20-,21-,22-,23+,24-,25+,26-,27-,28+,31-,32-,33-,34-,35-,36+/m1/s1. The molecule has 11 heteroatoms. The number of carboxylic acid groups (broad SMARTS) is 1. The fourth-order valence-corrected chi connectivity index (χ4v) is 12.2. The van der Waals surface area contributed by atoms with Crippen molar-refractivity contribution in [2.75, 3.05) is 6.61 Å². The summed E-state index contributed by atoms with van der Waals surface area (Å²) in [6.45, 7) is 11.7. The summed E-state index contributed by atoms with van der Waals surface area (Å²) >= 11 is 0. The zero-order chi connectivity index (χ0) is 34.7. The number of allylic oxidation sites excluding steroid dienone is 1. The monoisotopic (exact) mass is 664 g/mol. The van der Waals surface area contributed by atoms with Gasteiger partial charge in [0.25, 0.3) is 0 Å². The van der Waals surface area contributed by atoms with Crippen molar-refractivity contribution in [1.29, 1.82) is 0 Å². The summed E-state index contributed by atoms with van der Waals surface area (Å²) in [6, 6.07) is 0. The van der Waals surface area contributed by atoms with Gasteiger partial charge in [0.2, 0.25) is 6.29 Å². The van der Waals surface area contributed by atoms with Crippen molar-refractivity contribution >= 4 is 11.9 Å². The molecule has 5 fully saturated rings. The molecule has 11 nitrogen and oxygen atoms in total. The van der Waals surface area contributed by atoms with Crippen molar-refractivity contribution in [3.05, 3.63) is 11.6 Å². The summed E-state index contributed by atoms with van der Waals surface area (Å²) in [4.78, 5) is 27.2. The molecule has 1 aliphatic heterocycles. The van der Waals surface area contributed by atoms with E-state index in [1.165, 1.54) is 0 Å². The van der Waals surface area contributed by atoms with Gasteiger partial charge in [-0.05, 0) is 106 Å². The van der Waals surface area contributed by atoms with E-state index in [9.17, 15) is 45.3 Å². The van der Waals surface area contributed by atoms with E-state index in [4.69, 9.17) is 9.47 Å². The Labute approximate surface area is 277 Å². The van der Waals surface area contributed by atoms with Crippen LogP contribution in [0.1, 0.15) is 99.3 Å². The van der Waals surface area contributed by atoms with Crippen molar-refractivity contribution in [2.45, 2.75) is 142 Å². The Hall–Kier alpha value is -1.60. The van der Waals surface area contributed by atoms with Gasteiger partial charge in [-0.3, -0.25) is 9.59 Å². The molecular weight excluding hydrogens is 608 g/mol. The Kier molecular flexibility index (Phi) is 8.40. The minimum atomic E-state index is -1.72. The Balaban J connectivity index is 1.39. The van der Waals surface area contributed by atoms with Gasteiger partial charge in [0.1, 0.15) is 24.4 Å². The van der Waals surface area contributed by atoms with Gasteiger partial charge in [-0.2, -0.15) is 0 Å². The molecule has 6 rings (SSSR count). The first kappa shape index (κ1) is 35.2. The maximum Gasteiger partial charge on any atom is 0.315 e. The lowest BCUT2D eigenvalue weighted by atomic mass is 9.33. The molecule has 0 aromatic rings. The molecule has 1 saturated heterocycles. The number of carbonyl (C=O) groups is 2. The zero-order valence-electron chi connectivity index (χ0n) is 28.7. The molecule has 0 amide bonds. The molecule has 0 unspecified atom stereocenters. The quantitative estimate of drug-likeness (QED) is 0.172. The number of ether oxygens (including phenoxy) is 2. The van der Waals surface area contributed by atoms with Crippen LogP contribution in [0.15, 0.2) is 11.6 Å². The lowest BCUT2D eigenvalue weighted by molar-refractivity contribution is -0.299. The smallest absolute Gasteiger partial charge is 0.315 e. The molecule has 0 bridgehead atoms. The predicted molar refractivity (Wildman–Crippen MR) is 168 cm³/mol. The second kappa shape index (κ2) is 11.2. The molecule has 0 radical (unpaired) electrons. The molecule has 0 aromatic carbocycles. The number of esters is 1. The lowest BCUT2D eigenvalue weighted by Gasteiger charge is -2.71. The average molecular weight is 665 g/mol. The topological polar surface area (TPSA) is 194 Å². The summed E-state index contributed by atoms with van der Waals surface area (Å²) in [7, 11) is 0. The van der Waals surface area contributed by atoms with Crippen molar-refractivity contribution in [2.24, 2.45) is 50.7 Å². The second-order valence-electron chi connectivity index (χ2n) is 17.3. The van der Waals surface area contributed by atoms with Crippen LogP contribution in [0, 0.1) is 50.7 Å². The molecule has 7 N–H and O–H groups in total. The lowest BCUT2D eigenvalue weighted by Crippen LogP contribution is -2.69. The maximum atomic E-state index is 14.5. The number of aliphatic carboxylic acids is 1. The van der Waals surface area contributed by atoms with E-state index in [-0.39, 0.29) is 28.6 Å². The second-order valence-corrected chi connectivity index (χ2v) is 17.3. The number of hydrogen-bond acceptors (Lipinski definition) is 10. The van der Waals surface area contributed by atoms with Crippen LogP contribution in [-0.2, 0) is 19.1 Å². The first-order valence-corrected chi connectivity index (χ1v) is 17.6. The predicted octanol–water partition coefficient (Wildman–Crippen LogP) is 2.53. The third kappa shape index (κ3) is 4.49. The Morgan fingerprint density at radius 2 is 1.57 bits per heavy atom. The van der Waals surface area contributed by atoms with Crippen molar-refractivity contribution in [3.8, 4) is 0 Å². The average Bonchev–Trinajstić information content (AvgIpc) is 3.01. The Morgan fingerprint density at radius 1 is 0.894 bits per heavy atom. The minimum absolute atomic E-state index is 0.126. The molecule has 47 heavy (non-hydrogen) atoms. The number of carboxylic acids is 1. The van der Waals surface area contributed by atoms with Gasteiger partial charge in [0.05, 0.1) is 29.1 Å². The fraction of sp³-hybridized carbons (Fsp3) is 0.889. The number of rotatable bonds is 4. The molecule has 266 valence electrons. The van der Waals surface area contributed by atoms with Gasteiger partial charge in [-0.15, -0.1) is 0 Å². The van der Waals surface area contributed by atoms with Gasteiger partial charge < -0.3 is 45.2 Å². The molecule has 0 spiro atoms. The van der Waals surface area contributed by atoms with Gasteiger partial charge in [0, 0.05) is 5.92 Å². The SMILES string of the molecule is C[C@@H]1CC[C@]2(C(=O)O[C@@H]3O[C@H](CO)[C@@H](O)[C@H](O)[C@H]3O)CC[C@]3(C)C(=CC[C@@H]4[C@@]5(C)CC[C@H](O)[C@](C)(C(=O)O)[C@@H]5CC[C@]43C)[C@@H]2[C@]1(C)O. The maximum absolute atomic E-state index is 14.5. The van der Waals surface area contributed by atoms with E-state index in [0.717, 1.165) is 18.4 Å². The van der Waals surface area contributed by atoms with Crippen LogP contribution in [0.5, 0.6) is 0 Å². The number of carbonyl (C=O) groups excluding carboxylic acids is 1. The Morgan fingerprint density at radius 3 is 2.21 bits per heavy atom. The number of hydrogen-bond donors (Lipinski definition) is 7. The van der Waals surface area contributed by atoms with E-state index < -0.39 is 83.1 Å². The first-order chi connectivity index (χ1) is 21.8. The summed E-state index contributed by atoms with van der Waals surface area (Å²) in [5.41, 5.74) is -3.64. The summed E-state index contributed by atoms with van der Waals surface area (Å²) in [6.07, 6.45) is -1.18. The zero-order valence-corrected chi connectivity index (χ0v) is 28.7.